The average Bonchev–Trinajstić information content (AvgIpc) is 2.70. The molecule has 7 heteroatoms. The summed E-state index contributed by atoms with van der Waals surface area (Å²) in [5.74, 6) is -0.459. The molecule has 0 atom stereocenters. The highest BCUT2D eigenvalue weighted by Crippen LogP contribution is 2.19. The van der Waals surface area contributed by atoms with Crippen LogP contribution in [0.2, 0.25) is 0 Å². The topological polar surface area (TPSA) is 85.2 Å². The minimum absolute atomic E-state index is 0.0763. The molecule has 0 saturated heterocycles. The number of rotatable bonds is 5. The number of carbonyl (C=O) groups is 1. The molecule has 6 nitrogen and oxygen atoms in total. The molecule has 2 aromatic rings. The van der Waals surface area contributed by atoms with Crippen molar-refractivity contribution in [2.45, 2.75) is 25.7 Å². The Morgan fingerprint density at radius 2 is 1.59 bits per heavy atom. The number of oxime groups is 1. The molecule has 0 aliphatic heterocycles. The summed E-state index contributed by atoms with van der Waals surface area (Å²) in [7, 11) is -3.92. The highest BCUT2D eigenvalue weighted by atomic mass is 32.2. The Labute approximate surface area is 170 Å². The Morgan fingerprint density at radius 3 is 2.24 bits per heavy atom. The van der Waals surface area contributed by atoms with Gasteiger partial charge in [0.25, 0.3) is 10.0 Å². The summed E-state index contributed by atoms with van der Waals surface area (Å²) in [5, 5.41) is 4.00. The van der Waals surface area contributed by atoms with Crippen LogP contribution in [0.4, 0.5) is 0 Å². The van der Waals surface area contributed by atoms with Crippen LogP contribution in [0, 0.1) is 6.92 Å². The van der Waals surface area contributed by atoms with Crippen molar-refractivity contribution in [2.75, 3.05) is 0 Å². The van der Waals surface area contributed by atoms with Crippen molar-refractivity contribution >= 4 is 27.2 Å². The summed E-state index contributed by atoms with van der Waals surface area (Å²) in [5.41, 5.74) is 2.78. The van der Waals surface area contributed by atoms with E-state index in [-0.39, 0.29) is 22.1 Å². The maximum absolute atomic E-state index is 12.6. The first-order valence-electron chi connectivity index (χ1n) is 8.89. The molecule has 0 heterocycles. The molecular weight excluding hydrogens is 388 g/mol. The fourth-order valence-corrected chi connectivity index (χ4v) is 3.56. The molecule has 0 saturated carbocycles. The molecule has 0 spiro atoms. The molecule has 29 heavy (non-hydrogen) atoms. The zero-order valence-corrected chi connectivity index (χ0v) is 17.1. The predicted molar refractivity (Wildman–Crippen MR) is 112 cm³/mol. The van der Waals surface area contributed by atoms with E-state index in [2.05, 4.69) is 9.55 Å². The molecule has 2 aromatic carbocycles. The van der Waals surface area contributed by atoms with E-state index in [0.29, 0.717) is 11.3 Å². The van der Waals surface area contributed by atoms with E-state index >= 15 is 0 Å². The Kier molecular flexibility index (Phi) is 5.89. The minimum atomic E-state index is -3.92. The smallest absolute Gasteiger partial charge is 0.282 e. The second kappa shape index (κ2) is 8.36. The maximum Gasteiger partial charge on any atom is 0.282 e. The van der Waals surface area contributed by atoms with Crippen LogP contribution in [0.3, 0.4) is 0 Å². The summed E-state index contributed by atoms with van der Waals surface area (Å²) >= 11 is 0. The Morgan fingerprint density at radius 1 is 0.931 bits per heavy atom. The largest absolute Gasteiger partial charge is 0.352 e. The molecule has 1 aliphatic carbocycles. The van der Waals surface area contributed by atoms with Gasteiger partial charge in [-0.15, -0.1) is 0 Å². The lowest BCUT2D eigenvalue weighted by Gasteiger charge is -2.11. The first-order valence-corrected chi connectivity index (χ1v) is 10.3. The van der Waals surface area contributed by atoms with Crippen molar-refractivity contribution in [1.82, 2.24) is 0 Å². The average molecular weight is 408 g/mol. The van der Waals surface area contributed by atoms with Crippen molar-refractivity contribution in [3.8, 4) is 0 Å². The maximum atomic E-state index is 12.6. The van der Waals surface area contributed by atoms with Crippen molar-refractivity contribution in [3.63, 3.8) is 0 Å². The van der Waals surface area contributed by atoms with Gasteiger partial charge in [-0.05, 0) is 44.5 Å². The normalized spacial score (nSPS) is 16.4. The zero-order chi connectivity index (χ0) is 21.0. The molecule has 3 rings (SSSR count). The van der Waals surface area contributed by atoms with Gasteiger partial charge in [0.2, 0.25) is 11.5 Å². The SMILES string of the molecule is CC1=C/C(=N/S(=O)(=O)c2ccc(C)cc2)C=C(O/N=C(/C)c2ccccc2)C1=O. The third-order valence-corrected chi connectivity index (χ3v) is 5.56. The fraction of sp³-hybridized carbons (Fsp3) is 0.136. The van der Waals surface area contributed by atoms with Gasteiger partial charge >= 0.3 is 0 Å². The monoisotopic (exact) mass is 408 g/mol. The summed E-state index contributed by atoms with van der Waals surface area (Å²) in [6.07, 6.45) is 2.69. The zero-order valence-electron chi connectivity index (χ0n) is 16.3. The van der Waals surface area contributed by atoms with Crippen molar-refractivity contribution in [3.05, 3.63) is 89.2 Å². The van der Waals surface area contributed by atoms with Gasteiger partial charge in [0.05, 0.1) is 16.3 Å². The molecule has 0 N–H and O–H groups in total. The third kappa shape index (κ3) is 4.94. The highest BCUT2D eigenvalue weighted by molar-refractivity contribution is 7.90. The van der Waals surface area contributed by atoms with E-state index < -0.39 is 10.0 Å². The number of allylic oxidation sites excluding steroid dienone is 3. The molecule has 0 aromatic heterocycles. The van der Waals surface area contributed by atoms with Crippen LogP contribution in [0.1, 0.15) is 25.0 Å². The number of ketones is 1. The van der Waals surface area contributed by atoms with E-state index in [0.717, 1.165) is 11.1 Å². The number of Topliss-reactive ketones (excluding diaryl/α,β-unsaturated/α-hetero) is 1. The van der Waals surface area contributed by atoms with Crippen LogP contribution in [0.5, 0.6) is 0 Å². The molecule has 0 radical (unpaired) electrons. The summed E-state index contributed by atoms with van der Waals surface area (Å²) in [6.45, 7) is 5.19. The number of benzene rings is 2. The summed E-state index contributed by atoms with van der Waals surface area (Å²) in [4.78, 5) is 17.8. The Bertz CT molecular complexity index is 1160. The number of nitrogens with zero attached hydrogens (tertiary/aromatic N) is 2. The van der Waals surface area contributed by atoms with Gasteiger partial charge < -0.3 is 4.84 Å². The van der Waals surface area contributed by atoms with Gasteiger partial charge in [0.15, 0.2) is 0 Å². The fourth-order valence-electron chi connectivity index (χ4n) is 2.60. The van der Waals surface area contributed by atoms with Gasteiger partial charge in [0.1, 0.15) is 0 Å². The van der Waals surface area contributed by atoms with E-state index in [4.69, 9.17) is 4.84 Å². The van der Waals surface area contributed by atoms with Gasteiger partial charge in [-0.1, -0.05) is 53.2 Å². The van der Waals surface area contributed by atoms with Gasteiger partial charge in [-0.2, -0.15) is 12.8 Å². The lowest BCUT2D eigenvalue weighted by atomic mass is 10.0. The molecular formula is C22H20N2O4S. The van der Waals surface area contributed by atoms with E-state index in [1.807, 2.05) is 37.3 Å². The molecule has 0 fully saturated rings. The second-order valence-corrected chi connectivity index (χ2v) is 8.21. The van der Waals surface area contributed by atoms with Crippen molar-refractivity contribution < 1.29 is 18.0 Å². The Hall–Kier alpha value is -3.32. The number of carbonyl (C=O) groups excluding carboxylic acids is 1. The third-order valence-electron chi connectivity index (χ3n) is 4.24. The quantitative estimate of drug-likeness (QED) is 0.425. The van der Waals surface area contributed by atoms with Gasteiger partial charge in [-0.25, -0.2) is 0 Å². The van der Waals surface area contributed by atoms with Crippen LogP contribution >= 0.6 is 0 Å². The van der Waals surface area contributed by atoms with E-state index in [1.165, 1.54) is 24.3 Å². The molecule has 0 amide bonds. The van der Waals surface area contributed by atoms with Crippen molar-refractivity contribution in [2.24, 2.45) is 9.55 Å². The van der Waals surface area contributed by atoms with Crippen LogP contribution in [0.15, 0.2) is 92.5 Å². The van der Waals surface area contributed by atoms with Gasteiger partial charge in [-0.3, -0.25) is 4.79 Å². The highest BCUT2D eigenvalue weighted by Gasteiger charge is 2.22. The predicted octanol–water partition coefficient (Wildman–Crippen LogP) is 3.98. The number of sulfonamides is 1. The second-order valence-electron chi connectivity index (χ2n) is 6.60. The van der Waals surface area contributed by atoms with Crippen LogP contribution < -0.4 is 0 Å². The molecule has 0 bridgehead atoms. The minimum Gasteiger partial charge on any atom is -0.352 e. The van der Waals surface area contributed by atoms with E-state index in [1.54, 1.807) is 26.0 Å². The lowest BCUT2D eigenvalue weighted by molar-refractivity contribution is -0.115. The first kappa shape index (κ1) is 20.4. The summed E-state index contributed by atoms with van der Waals surface area (Å²) < 4.78 is 29.0. The molecule has 148 valence electrons. The molecule has 1 aliphatic rings. The van der Waals surface area contributed by atoms with Crippen LogP contribution in [-0.4, -0.2) is 25.6 Å². The number of hydrogen-bond acceptors (Lipinski definition) is 5. The van der Waals surface area contributed by atoms with Crippen LogP contribution in [0.25, 0.3) is 0 Å². The lowest BCUT2D eigenvalue weighted by Crippen LogP contribution is -2.15. The van der Waals surface area contributed by atoms with Crippen molar-refractivity contribution in [1.29, 1.82) is 0 Å². The number of hydrogen-bond donors (Lipinski definition) is 0. The first-order chi connectivity index (χ1) is 13.8. The Balaban J connectivity index is 1.90. The van der Waals surface area contributed by atoms with E-state index in [9.17, 15) is 13.2 Å². The van der Waals surface area contributed by atoms with Gasteiger partial charge in [0, 0.05) is 11.6 Å². The number of aryl methyl sites for hydroxylation is 1. The van der Waals surface area contributed by atoms with Crippen LogP contribution in [-0.2, 0) is 19.7 Å². The standard InChI is InChI=1S/C22H20N2O4S/c1-15-9-11-20(12-10-15)29(26,27)24-19-13-16(2)22(25)21(14-19)28-23-17(3)18-7-5-4-6-8-18/h4-14H,1-3H3/b23-17-,24-19-. The summed E-state index contributed by atoms with van der Waals surface area (Å²) in [6, 6.07) is 15.7. The molecule has 0 unspecified atom stereocenters.